The van der Waals surface area contributed by atoms with E-state index in [2.05, 4.69) is 9.03 Å². The normalized spacial score (nSPS) is 8.24. The molecule has 0 atom stereocenters. The fourth-order valence-corrected chi connectivity index (χ4v) is 1.35. The lowest BCUT2D eigenvalue weighted by Crippen LogP contribution is -1.99. The first-order valence-corrected chi connectivity index (χ1v) is 5.28. The lowest BCUT2D eigenvalue weighted by molar-refractivity contribution is 0.103. The lowest BCUT2D eigenvalue weighted by Gasteiger charge is -1.99. The van der Waals surface area contributed by atoms with Crippen molar-refractivity contribution in [2.75, 3.05) is 0 Å². The van der Waals surface area contributed by atoms with Crippen molar-refractivity contribution < 1.29 is 4.79 Å². The molecule has 17 heavy (non-hydrogen) atoms. The quantitative estimate of drug-likeness (QED) is 0.641. The summed E-state index contributed by atoms with van der Waals surface area (Å²) in [5.41, 5.74) is 1.47. The van der Waals surface area contributed by atoms with Gasteiger partial charge in [0, 0.05) is 11.1 Å². The average molecular weight is 266 g/mol. The van der Waals surface area contributed by atoms with E-state index in [0.717, 1.165) is 11.1 Å². The van der Waals surface area contributed by atoms with Crippen LogP contribution in [0.15, 0.2) is 60.7 Å². The Morgan fingerprint density at radius 2 is 1.06 bits per heavy atom. The first kappa shape index (κ1) is 15.5. The largest absolute Gasteiger partial charge is 0.289 e. The van der Waals surface area contributed by atoms with Gasteiger partial charge in [-0.2, -0.15) is 0 Å². The number of halogens is 1. The Kier molecular flexibility index (Phi) is 7.87. The maximum atomic E-state index is 11.8. The van der Waals surface area contributed by atoms with Gasteiger partial charge in [-0.25, -0.2) is 0 Å². The fourth-order valence-electron chi connectivity index (χ4n) is 1.35. The summed E-state index contributed by atoms with van der Waals surface area (Å²) >= 11 is 0. The van der Waals surface area contributed by atoms with Gasteiger partial charge in [-0.15, -0.1) is 12.4 Å². The predicted molar refractivity (Wildman–Crippen MR) is 74.6 cm³/mol. The average Bonchev–Trinajstić information content (AvgIpc) is 2.42. The van der Waals surface area contributed by atoms with Gasteiger partial charge in [0.1, 0.15) is 0 Å². The van der Waals surface area contributed by atoms with Gasteiger partial charge in [-0.1, -0.05) is 60.7 Å². The summed E-state index contributed by atoms with van der Waals surface area (Å²) < 4.78 is 0. The summed E-state index contributed by atoms with van der Waals surface area (Å²) in [7, 11) is 2.22. The van der Waals surface area contributed by atoms with Crippen molar-refractivity contribution in [3.8, 4) is 0 Å². The Balaban J connectivity index is 0.000000811. The van der Waals surface area contributed by atoms with Gasteiger partial charge < -0.3 is 0 Å². The van der Waals surface area contributed by atoms with Crippen LogP contribution in [-0.4, -0.2) is 5.78 Å². The minimum absolute atomic E-state index is 0. The zero-order valence-electron chi connectivity index (χ0n) is 9.09. The summed E-state index contributed by atoms with van der Waals surface area (Å²) in [6.07, 6.45) is 0. The summed E-state index contributed by atoms with van der Waals surface area (Å²) in [5, 5.41) is 5.56. The van der Waals surface area contributed by atoms with Crippen LogP contribution in [0.4, 0.5) is 0 Å². The smallest absolute Gasteiger partial charge is 0.193 e. The van der Waals surface area contributed by atoms with Crippen LogP contribution in [-0.2, 0) is 0 Å². The molecule has 0 fully saturated rings. The third-order valence-corrected chi connectivity index (χ3v) is 2.07. The SMILES string of the molecule is Cl.N=P.O=C(c1ccccc1)c1ccccc1. The van der Waals surface area contributed by atoms with Crippen molar-refractivity contribution in [3.05, 3.63) is 71.8 Å². The summed E-state index contributed by atoms with van der Waals surface area (Å²) in [6.45, 7) is 0. The van der Waals surface area contributed by atoms with Gasteiger partial charge in [0.25, 0.3) is 0 Å². The maximum absolute atomic E-state index is 11.8. The number of rotatable bonds is 2. The maximum Gasteiger partial charge on any atom is 0.193 e. The van der Waals surface area contributed by atoms with Crippen LogP contribution in [0.1, 0.15) is 15.9 Å². The first-order chi connectivity index (χ1) is 7.88. The topological polar surface area (TPSA) is 40.9 Å². The number of carbonyl (C=O) groups excluding carboxylic acids is 1. The van der Waals surface area contributed by atoms with E-state index in [1.54, 1.807) is 0 Å². The van der Waals surface area contributed by atoms with Crippen molar-refractivity contribution in [1.82, 2.24) is 0 Å². The Labute approximate surface area is 109 Å². The van der Waals surface area contributed by atoms with Gasteiger partial charge >= 0.3 is 0 Å². The third kappa shape index (κ3) is 4.48. The molecule has 0 aliphatic carbocycles. The summed E-state index contributed by atoms with van der Waals surface area (Å²) in [5.74, 6) is 0.0752. The van der Waals surface area contributed by atoms with Crippen LogP contribution in [0.3, 0.4) is 0 Å². The highest BCUT2D eigenvalue weighted by Crippen LogP contribution is 2.08. The molecule has 0 heterocycles. The highest BCUT2D eigenvalue weighted by Gasteiger charge is 2.06. The molecule has 0 saturated carbocycles. The molecule has 0 amide bonds. The summed E-state index contributed by atoms with van der Waals surface area (Å²) in [6, 6.07) is 18.6. The lowest BCUT2D eigenvalue weighted by atomic mass is 10.0. The molecule has 2 aromatic carbocycles. The zero-order valence-corrected chi connectivity index (χ0v) is 10.9. The molecular weight excluding hydrogens is 253 g/mol. The second-order valence-corrected chi connectivity index (χ2v) is 3.06. The number of benzene rings is 2. The number of hydrogen-bond acceptors (Lipinski definition) is 2. The highest BCUT2D eigenvalue weighted by atomic mass is 35.5. The third-order valence-electron chi connectivity index (χ3n) is 2.07. The van der Waals surface area contributed by atoms with E-state index in [-0.39, 0.29) is 18.2 Å². The molecule has 0 aliphatic heterocycles. The molecule has 2 rings (SSSR count). The van der Waals surface area contributed by atoms with Gasteiger partial charge in [0.05, 0.1) is 0 Å². The molecule has 0 saturated heterocycles. The van der Waals surface area contributed by atoms with Crippen molar-refractivity contribution in [1.29, 1.82) is 5.16 Å². The zero-order chi connectivity index (χ0) is 11.8. The van der Waals surface area contributed by atoms with Gasteiger partial charge in [0.15, 0.2) is 5.78 Å². The van der Waals surface area contributed by atoms with Crippen molar-refractivity contribution in [2.24, 2.45) is 0 Å². The fraction of sp³-hybridized carbons (Fsp3) is 0. The monoisotopic (exact) mass is 265 g/mol. The standard InChI is InChI=1S/C13H10O.ClH.H2NP/c14-13(11-7-3-1-4-8-11)12-9-5-2-6-10-12;;1-2/h1-10H;1H;1-2H. The molecule has 0 bridgehead atoms. The molecule has 0 aliphatic rings. The van der Waals surface area contributed by atoms with Crippen LogP contribution in [0.25, 0.3) is 0 Å². The molecule has 0 radical (unpaired) electrons. The van der Waals surface area contributed by atoms with E-state index < -0.39 is 0 Å². The van der Waals surface area contributed by atoms with Gasteiger partial charge in [0.2, 0.25) is 0 Å². The van der Waals surface area contributed by atoms with Crippen LogP contribution in [0.5, 0.6) is 0 Å². The number of hydrogen-bond donors (Lipinski definition) is 1. The summed E-state index contributed by atoms with van der Waals surface area (Å²) in [4.78, 5) is 11.8. The Bertz CT molecular complexity index is 406. The molecule has 1 N–H and O–H groups in total. The Morgan fingerprint density at radius 3 is 1.35 bits per heavy atom. The second-order valence-electron chi connectivity index (χ2n) is 3.06. The predicted octanol–water partition coefficient (Wildman–Crippen LogP) is 4.23. The molecule has 0 aromatic heterocycles. The molecular formula is C13H13ClNOP. The van der Waals surface area contributed by atoms with E-state index in [0.29, 0.717) is 0 Å². The number of ketones is 1. The molecule has 88 valence electrons. The van der Waals surface area contributed by atoms with E-state index in [1.165, 1.54) is 0 Å². The van der Waals surface area contributed by atoms with E-state index in [9.17, 15) is 4.79 Å². The van der Waals surface area contributed by atoms with Crippen LogP contribution in [0.2, 0.25) is 0 Å². The Hall–Kier alpha value is -1.50. The second kappa shape index (κ2) is 8.63. The molecule has 0 unspecified atom stereocenters. The molecule has 0 spiro atoms. The van der Waals surface area contributed by atoms with Crippen molar-refractivity contribution >= 4 is 27.2 Å². The van der Waals surface area contributed by atoms with E-state index in [4.69, 9.17) is 5.16 Å². The number of nitrogens with one attached hydrogen (secondary N) is 1. The highest BCUT2D eigenvalue weighted by molar-refractivity contribution is 7.02. The molecule has 2 nitrogen and oxygen atoms in total. The van der Waals surface area contributed by atoms with Crippen molar-refractivity contribution in [3.63, 3.8) is 0 Å². The van der Waals surface area contributed by atoms with Crippen molar-refractivity contribution in [2.45, 2.75) is 0 Å². The molecule has 4 heteroatoms. The molecule has 2 aromatic rings. The van der Waals surface area contributed by atoms with Gasteiger partial charge in [-0.05, 0) is 9.03 Å². The van der Waals surface area contributed by atoms with Gasteiger partial charge in [-0.3, -0.25) is 9.96 Å². The van der Waals surface area contributed by atoms with E-state index >= 15 is 0 Å². The van der Waals surface area contributed by atoms with Crippen LogP contribution in [0, 0.1) is 5.16 Å². The van der Waals surface area contributed by atoms with E-state index in [1.807, 2.05) is 60.7 Å². The minimum atomic E-state index is 0. The number of carbonyl (C=O) groups is 1. The Morgan fingerprint density at radius 1 is 0.765 bits per heavy atom. The van der Waals surface area contributed by atoms with Crippen LogP contribution < -0.4 is 0 Å². The first-order valence-electron chi connectivity index (χ1n) is 4.78. The van der Waals surface area contributed by atoms with Crippen LogP contribution >= 0.6 is 21.4 Å². The minimum Gasteiger partial charge on any atom is -0.289 e.